The van der Waals surface area contributed by atoms with Crippen molar-refractivity contribution >= 4 is 0 Å². The van der Waals surface area contributed by atoms with E-state index in [1.54, 1.807) is 6.07 Å². The van der Waals surface area contributed by atoms with Gasteiger partial charge in [-0.2, -0.15) is 0 Å². The lowest BCUT2D eigenvalue weighted by molar-refractivity contribution is 0.597. The van der Waals surface area contributed by atoms with Crippen molar-refractivity contribution in [2.24, 2.45) is 5.73 Å². The van der Waals surface area contributed by atoms with Crippen LogP contribution in [0.3, 0.4) is 0 Å². The standard InChI is InChI=1S/C13H10F3N/c14-9-2-4-12(15)11(6-9)10-3-1-8(7-17)5-13(10)16/h1-6H,7,17H2. The Morgan fingerprint density at radius 2 is 1.59 bits per heavy atom. The van der Waals surface area contributed by atoms with Crippen LogP contribution in [0.4, 0.5) is 13.2 Å². The van der Waals surface area contributed by atoms with Gasteiger partial charge < -0.3 is 5.73 Å². The van der Waals surface area contributed by atoms with Crippen LogP contribution in [0, 0.1) is 17.5 Å². The molecule has 2 rings (SSSR count). The predicted molar refractivity (Wildman–Crippen MR) is 59.6 cm³/mol. The first kappa shape index (κ1) is 11.7. The molecule has 0 aromatic heterocycles. The van der Waals surface area contributed by atoms with Crippen molar-refractivity contribution < 1.29 is 13.2 Å². The summed E-state index contributed by atoms with van der Waals surface area (Å²) in [4.78, 5) is 0. The molecule has 0 saturated heterocycles. The van der Waals surface area contributed by atoms with E-state index >= 15 is 0 Å². The summed E-state index contributed by atoms with van der Waals surface area (Å²) in [5.41, 5.74) is 5.90. The molecule has 0 radical (unpaired) electrons. The average molecular weight is 237 g/mol. The fraction of sp³-hybridized carbons (Fsp3) is 0.0769. The highest BCUT2D eigenvalue weighted by molar-refractivity contribution is 5.65. The minimum Gasteiger partial charge on any atom is -0.326 e. The lowest BCUT2D eigenvalue weighted by atomic mass is 10.0. The lowest BCUT2D eigenvalue weighted by Crippen LogP contribution is -1.98. The molecule has 0 atom stereocenters. The third kappa shape index (κ3) is 2.31. The van der Waals surface area contributed by atoms with Crippen LogP contribution in [0.5, 0.6) is 0 Å². The second-order valence-corrected chi connectivity index (χ2v) is 3.64. The first-order valence-electron chi connectivity index (χ1n) is 5.05. The number of hydrogen-bond donors (Lipinski definition) is 1. The van der Waals surface area contributed by atoms with Crippen molar-refractivity contribution in [1.82, 2.24) is 0 Å². The summed E-state index contributed by atoms with van der Waals surface area (Å²) in [5.74, 6) is -1.88. The normalized spacial score (nSPS) is 10.6. The van der Waals surface area contributed by atoms with Crippen molar-refractivity contribution in [2.75, 3.05) is 0 Å². The zero-order valence-electron chi connectivity index (χ0n) is 8.88. The molecule has 0 spiro atoms. The molecule has 17 heavy (non-hydrogen) atoms. The summed E-state index contributed by atoms with van der Waals surface area (Å²) in [7, 11) is 0. The van der Waals surface area contributed by atoms with Crippen LogP contribution in [0.2, 0.25) is 0 Å². The number of nitrogens with two attached hydrogens (primary N) is 1. The van der Waals surface area contributed by atoms with E-state index in [1.807, 2.05) is 0 Å². The van der Waals surface area contributed by atoms with Crippen LogP contribution in [0.15, 0.2) is 36.4 Å². The van der Waals surface area contributed by atoms with Gasteiger partial charge in [-0.3, -0.25) is 0 Å². The molecular weight excluding hydrogens is 227 g/mol. The van der Waals surface area contributed by atoms with Gasteiger partial charge in [-0.05, 0) is 29.8 Å². The number of hydrogen-bond acceptors (Lipinski definition) is 1. The van der Waals surface area contributed by atoms with E-state index < -0.39 is 17.5 Å². The van der Waals surface area contributed by atoms with Gasteiger partial charge in [-0.15, -0.1) is 0 Å². The highest BCUT2D eigenvalue weighted by atomic mass is 19.1. The summed E-state index contributed by atoms with van der Waals surface area (Å²) in [6, 6.07) is 7.14. The van der Waals surface area contributed by atoms with E-state index in [2.05, 4.69) is 0 Å². The molecule has 0 aliphatic heterocycles. The topological polar surface area (TPSA) is 26.0 Å². The second-order valence-electron chi connectivity index (χ2n) is 3.64. The summed E-state index contributed by atoms with van der Waals surface area (Å²) in [5, 5.41) is 0. The monoisotopic (exact) mass is 237 g/mol. The van der Waals surface area contributed by atoms with Gasteiger partial charge in [-0.25, -0.2) is 13.2 Å². The minimum absolute atomic E-state index is 0.0270. The quantitative estimate of drug-likeness (QED) is 0.852. The largest absolute Gasteiger partial charge is 0.326 e. The molecule has 4 heteroatoms. The van der Waals surface area contributed by atoms with Crippen molar-refractivity contribution in [1.29, 1.82) is 0 Å². The van der Waals surface area contributed by atoms with E-state index in [0.717, 1.165) is 18.2 Å². The van der Waals surface area contributed by atoms with Crippen LogP contribution < -0.4 is 5.73 Å². The maximum absolute atomic E-state index is 13.7. The Morgan fingerprint density at radius 3 is 2.24 bits per heavy atom. The fourth-order valence-corrected chi connectivity index (χ4v) is 1.61. The molecule has 1 nitrogen and oxygen atoms in total. The molecule has 0 saturated carbocycles. The third-order valence-corrected chi connectivity index (χ3v) is 2.49. The van der Waals surface area contributed by atoms with Crippen molar-refractivity contribution in [3.8, 4) is 11.1 Å². The summed E-state index contributed by atoms with van der Waals surface area (Å²) >= 11 is 0. The van der Waals surface area contributed by atoms with E-state index in [-0.39, 0.29) is 17.7 Å². The van der Waals surface area contributed by atoms with Gasteiger partial charge in [0.1, 0.15) is 17.5 Å². The van der Waals surface area contributed by atoms with Crippen LogP contribution >= 0.6 is 0 Å². The van der Waals surface area contributed by atoms with Crippen LogP contribution in [0.1, 0.15) is 5.56 Å². The molecule has 0 fully saturated rings. The average Bonchev–Trinajstić information content (AvgIpc) is 2.32. The van der Waals surface area contributed by atoms with Gasteiger partial charge in [0.25, 0.3) is 0 Å². The molecule has 0 bridgehead atoms. The molecule has 2 aromatic rings. The Hall–Kier alpha value is -1.81. The smallest absolute Gasteiger partial charge is 0.131 e. The Labute approximate surface area is 96.7 Å². The Bertz CT molecular complexity index is 552. The summed E-state index contributed by atoms with van der Waals surface area (Å²) < 4.78 is 40.2. The van der Waals surface area contributed by atoms with Crippen LogP contribution in [-0.4, -0.2) is 0 Å². The van der Waals surface area contributed by atoms with Gasteiger partial charge in [0, 0.05) is 17.7 Å². The van der Waals surface area contributed by atoms with Gasteiger partial charge in [-0.1, -0.05) is 12.1 Å². The van der Waals surface area contributed by atoms with E-state index in [9.17, 15) is 13.2 Å². The number of rotatable bonds is 2. The maximum Gasteiger partial charge on any atom is 0.131 e. The Morgan fingerprint density at radius 1 is 0.824 bits per heavy atom. The molecule has 2 N–H and O–H groups in total. The van der Waals surface area contributed by atoms with Crippen molar-refractivity contribution in [3.63, 3.8) is 0 Å². The zero-order valence-corrected chi connectivity index (χ0v) is 8.88. The zero-order chi connectivity index (χ0) is 12.4. The maximum atomic E-state index is 13.7. The molecule has 0 unspecified atom stereocenters. The fourth-order valence-electron chi connectivity index (χ4n) is 1.61. The first-order chi connectivity index (χ1) is 8.11. The van der Waals surface area contributed by atoms with E-state index in [0.29, 0.717) is 5.56 Å². The molecular formula is C13H10F3N. The lowest BCUT2D eigenvalue weighted by Gasteiger charge is -2.06. The van der Waals surface area contributed by atoms with Crippen LogP contribution in [-0.2, 0) is 6.54 Å². The Balaban J connectivity index is 2.56. The molecule has 2 aromatic carbocycles. The molecule has 0 amide bonds. The second kappa shape index (κ2) is 4.59. The molecule has 0 aliphatic carbocycles. The minimum atomic E-state index is -0.661. The molecule has 0 aliphatic rings. The van der Waals surface area contributed by atoms with Gasteiger partial charge in [0.05, 0.1) is 0 Å². The van der Waals surface area contributed by atoms with Gasteiger partial charge in [0.15, 0.2) is 0 Å². The number of halogens is 3. The van der Waals surface area contributed by atoms with E-state index in [1.165, 1.54) is 12.1 Å². The first-order valence-corrected chi connectivity index (χ1v) is 5.05. The highest BCUT2D eigenvalue weighted by Crippen LogP contribution is 2.26. The van der Waals surface area contributed by atoms with Crippen molar-refractivity contribution in [3.05, 3.63) is 59.4 Å². The highest BCUT2D eigenvalue weighted by Gasteiger charge is 2.11. The molecule has 0 heterocycles. The molecule has 88 valence electrons. The van der Waals surface area contributed by atoms with Crippen LogP contribution in [0.25, 0.3) is 11.1 Å². The Kier molecular flexibility index (Phi) is 3.15. The number of benzene rings is 2. The van der Waals surface area contributed by atoms with Crippen molar-refractivity contribution in [2.45, 2.75) is 6.54 Å². The van der Waals surface area contributed by atoms with E-state index in [4.69, 9.17) is 5.73 Å². The third-order valence-electron chi connectivity index (χ3n) is 2.49. The summed E-state index contributed by atoms with van der Waals surface area (Å²) in [6.45, 7) is 0.197. The predicted octanol–water partition coefficient (Wildman–Crippen LogP) is 3.23. The van der Waals surface area contributed by atoms with Gasteiger partial charge in [0.2, 0.25) is 0 Å². The summed E-state index contributed by atoms with van der Waals surface area (Å²) in [6.07, 6.45) is 0. The van der Waals surface area contributed by atoms with Gasteiger partial charge >= 0.3 is 0 Å². The SMILES string of the molecule is NCc1ccc(-c2cc(F)ccc2F)c(F)c1.